The van der Waals surface area contributed by atoms with E-state index in [1.165, 1.54) is 12.8 Å². The quantitative estimate of drug-likeness (QED) is 0.792. The number of carbonyl (C=O) groups excluding carboxylic acids is 1. The normalized spacial score (nSPS) is 23.9. The zero-order valence-corrected chi connectivity index (χ0v) is 10.9. The van der Waals surface area contributed by atoms with E-state index in [4.69, 9.17) is 4.74 Å². The number of aromatic nitrogens is 3. The Morgan fingerprint density at radius 3 is 3.06 bits per heavy atom. The molecule has 2 unspecified atom stereocenters. The molecule has 18 heavy (non-hydrogen) atoms. The maximum Gasteiger partial charge on any atom is 0.378 e. The van der Waals surface area contributed by atoms with Crippen molar-refractivity contribution < 1.29 is 9.53 Å². The minimum atomic E-state index is -0.470. The third-order valence-electron chi connectivity index (χ3n) is 3.38. The summed E-state index contributed by atoms with van der Waals surface area (Å²) in [5, 5.41) is 10.1. The van der Waals surface area contributed by atoms with Crippen molar-refractivity contribution >= 4 is 5.97 Å². The van der Waals surface area contributed by atoms with Crippen LogP contribution in [0.5, 0.6) is 0 Å². The van der Waals surface area contributed by atoms with Crippen molar-refractivity contribution in [1.82, 2.24) is 20.5 Å². The van der Waals surface area contributed by atoms with Gasteiger partial charge in [-0.05, 0) is 32.2 Å². The molecule has 1 saturated heterocycles. The van der Waals surface area contributed by atoms with Gasteiger partial charge in [0, 0.05) is 0 Å². The van der Waals surface area contributed by atoms with Gasteiger partial charge in [0.2, 0.25) is 0 Å². The summed E-state index contributed by atoms with van der Waals surface area (Å²) < 4.78 is 4.87. The molecule has 6 heteroatoms. The van der Waals surface area contributed by atoms with Crippen molar-refractivity contribution in [3.63, 3.8) is 0 Å². The Balaban J connectivity index is 2.03. The van der Waals surface area contributed by atoms with E-state index >= 15 is 0 Å². The van der Waals surface area contributed by atoms with Gasteiger partial charge in [0.1, 0.15) is 5.82 Å². The van der Waals surface area contributed by atoms with Crippen molar-refractivity contribution in [2.75, 3.05) is 13.2 Å². The fraction of sp³-hybridized carbons (Fsp3) is 0.750. The molecule has 0 bridgehead atoms. The van der Waals surface area contributed by atoms with Crippen LogP contribution >= 0.6 is 0 Å². The number of nitrogens with one attached hydrogen (secondary N) is 2. The predicted octanol–water partition coefficient (Wildman–Crippen LogP) is 1.43. The summed E-state index contributed by atoms with van der Waals surface area (Å²) in [7, 11) is 0. The van der Waals surface area contributed by atoms with Gasteiger partial charge in [-0.2, -0.15) is 0 Å². The third kappa shape index (κ3) is 2.87. The van der Waals surface area contributed by atoms with Crippen LogP contribution in [0.4, 0.5) is 0 Å². The maximum atomic E-state index is 11.5. The lowest BCUT2D eigenvalue weighted by atomic mass is 9.90. The van der Waals surface area contributed by atoms with Crippen LogP contribution in [0.3, 0.4) is 0 Å². The number of hydrogen-bond donors (Lipinski definition) is 2. The van der Waals surface area contributed by atoms with Gasteiger partial charge in [0.05, 0.1) is 12.6 Å². The Bertz CT molecular complexity index is 405. The molecule has 1 fully saturated rings. The fourth-order valence-corrected chi connectivity index (χ4v) is 2.29. The first-order valence-corrected chi connectivity index (χ1v) is 6.57. The van der Waals surface area contributed by atoms with Crippen LogP contribution in [0.25, 0.3) is 0 Å². The van der Waals surface area contributed by atoms with Gasteiger partial charge in [-0.1, -0.05) is 13.3 Å². The van der Waals surface area contributed by atoms with Gasteiger partial charge in [-0.3, -0.25) is 5.10 Å². The first-order chi connectivity index (χ1) is 8.74. The smallest absolute Gasteiger partial charge is 0.378 e. The van der Waals surface area contributed by atoms with Crippen molar-refractivity contribution in [2.45, 2.75) is 39.2 Å². The van der Waals surface area contributed by atoms with Gasteiger partial charge in [-0.15, -0.1) is 5.10 Å². The average molecular weight is 252 g/mol. The van der Waals surface area contributed by atoms with Crippen LogP contribution in [0.2, 0.25) is 0 Å². The highest BCUT2D eigenvalue weighted by Crippen LogP contribution is 2.27. The topological polar surface area (TPSA) is 79.9 Å². The number of H-pyrrole nitrogens is 1. The molecule has 0 aliphatic carbocycles. The highest BCUT2D eigenvalue weighted by Gasteiger charge is 2.25. The molecule has 2 rings (SSSR count). The van der Waals surface area contributed by atoms with E-state index in [-0.39, 0.29) is 11.9 Å². The average Bonchev–Trinajstić information content (AvgIpc) is 2.89. The van der Waals surface area contributed by atoms with E-state index in [1.54, 1.807) is 6.92 Å². The number of rotatable bonds is 4. The van der Waals surface area contributed by atoms with Crippen molar-refractivity contribution in [3.05, 3.63) is 11.6 Å². The fourth-order valence-electron chi connectivity index (χ4n) is 2.29. The van der Waals surface area contributed by atoms with Gasteiger partial charge in [0.15, 0.2) is 0 Å². The zero-order chi connectivity index (χ0) is 13.0. The molecular formula is C12H20N4O2. The van der Waals surface area contributed by atoms with Crippen LogP contribution in [-0.2, 0) is 4.74 Å². The molecule has 2 atom stereocenters. The number of hydrogen-bond acceptors (Lipinski definition) is 5. The summed E-state index contributed by atoms with van der Waals surface area (Å²) in [5.41, 5.74) is 0. The van der Waals surface area contributed by atoms with Gasteiger partial charge < -0.3 is 10.1 Å². The molecule has 100 valence electrons. The minimum Gasteiger partial charge on any atom is -0.460 e. The lowest BCUT2D eigenvalue weighted by Crippen LogP contribution is -2.32. The Morgan fingerprint density at radius 1 is 1.50 bits per heavy atom. The molecule has 0 amide bonds. The number of carbonyl (C=O) groups is 1. The van der Waals surface area contributed by atoms with Crippen LogP contribution in [0.1, 0.15) is 55.6 Å². The van der Waals surface area contributed by atoms with Crippen LogP contribution in [0, 0.1) is 5.92 Å². The van der Waals surface area contributed by atoms with E-state index in [9.17, 15) is 4.79 Å². The summed E-state index contributed by atoms with van der Waals surface area (Å²) in [6.45, 7) is 5.29. The lowest BCUT2D eigenvalue weighted by Gasteiger charge is -2.28. The molecular weight excluding hydrogens is 232 g/mol. The van der Waals surface area contributed by atoms with Gasteiger partial charge in [-0.25, -0.2) is 9.78 Å². The van der Waals surface area contributed by atoms with E-state index in [0.29, 0.717) is 12.5 Å². The number of esters is 1. The van der Waals surface area contributed by atoms with Crippen molar-refractivity contribution in [2.24, 2.45) is 5.92 Å². The summed E-state index contributed by atoms with van der Waals surface area (Å²) in [6, 6.07) is 0.166. The van der Waals surface area contributed by atoms with E-state index in [0.717, 1.165) is 18.8 Å². The second-order valence-electron chi connectivity index (χ2n) is 4.57. The molecule has 1 aliphatic rings. The SMILES string of the molecule is CCOC(=O)c1n[nH]c(C2CC(CC)CCN2)n1. The van der Waals surface area contributed by atoms with Crippen LogP contribution in [-0.4, -0.2) is 34.3 Å². The standard InChI is InChI=1S/C12H20N4O2/c1-3-8-5-6-13-9(7-8)10-14-11(16-15-10)12(17)18-4-2/h8-9,13H,3-7H2,1-2H3,(H,14,15,16). The molecule has 2 heterocycles. The van der Waals surface area contributed by atoms with Crippen molar-refractivity contribution in [3.8, 4) is 0 Å². The van der Waals surface area contributed by atoms with Crippen molar-refractivity contribution in [1.29, 1.82) is 0 Å². The molecule has 1 aromatic rings. The summed E-state index contributed by atoms with van der Waals surface area (Å²) in [5.74, 6) is 1.10. The zero-order valence-electron chi connectivity index (χ0n) is 10.9. The number of aromatic amines is 1. The summed E-state index contributed by atoms with van der Waals surface area (Å²) >= 11 is 0. The van der Waals surface area contributed by atoms with E-state index < -0.39 is 5.97 Å². The maximum absolute atomic E-state index is 11.5. The third-order valence-corrected chi connectivity index (χ3v) is 3.38. The Morgan fingerprint density at radius 2 is 2.33 bits per heavy atom. The second-order valence-corrected chi connectivity index (χ2v) is 4.57. The van der Waals surface area contributed by atoms with Gasteiger partial charge in [0.25, 0.3) is 5.82 Å². The summed E-state index contributed by atoms with van der Waals surface area (Å²) in [4.78, 5) is 15.7. The molecule has 0 saturated carbocycles. The monoisotopic (exact) mass is 252 g/mol. The van der Waals surface area contributed by atoms with E-state index in [1.807, 2.05) is 0 Å². The molecule has 1 aromatic heterocycles. The number of ether oxygens (including phenoxy) is 1. The molecule has 0 spiro atoms. The first-order valence-electron chi connectivity index (χ1n) is 6.57. The van der Waals surface area contributed by atoms with E-state index in [2.05, 4.69) is 27.4 Å². The molecule has 6 nitrogen and oxygen atoms in total. The summed E-state index contributed by atoms with van der Waals surface area (Å²) in [6.07, 6.45) is 3.41. The van der Waals surface area contributed by atoms with Crippen LogP contribution < -0.4 is 5.32 Å². The van der Waals surface area contributed by atoms with Crippen LogP contribution in [0.15, 0.2) is 0 Å². The molecule has 2 N–H and O–H groups in total. The highest BCUT2D eigenvalue weighted by atomic mass is 16.5. The second kappa shape index (κ2) is 5.95. The molecule has 0 aromatic carbocycles. The lowest BCUT2D eigenvalue weighted by molar-refractivity contribution is 0.0512. The predicted molar refractivity (Wildman–Crippen MR) is 66.1 cm³/mol. The number of nitrogens with zero attached hydrogens (tertiary/aromatic N) is 2. The highest BCUT2D eigenvalue weighted by molar-refractivity contribution is 5.84. The molecule has 1 aliphatic heterocycles. The molecule has 0 radical (unpaired) electrons. The Labute approximate surface area is 107 Å². The Hall–Kier alpha value is -1.43. The number of piperidine rings is 1. The van der Waals surface area contributed by atoms with Gasteiger partial charge >= 0.3 is 5.97 Å². The minimum absolute atomic E-state index is 0.118. The Kier molecular flexibility index (Phi) is 4.30. The first kappa shape index (κ1) is 13.0. The largest absolute Gasteiger partial charge is 0.460 e.